The second-order valence-corrected chi connectivity index (χ2v) is 7.17. The molecule has 134 valence electrons. The minimum Gasteiger partial charge on any atom is -0.368 e. The van der Waals surface area contributed by atoms with Crippen molar-refractivity contribution < 1.29 is 9.53 Å². The molecule has 1 aromatic heterocycles. The number of carbonyl (C=O) groups excluding carboxylic acids is 1. The molecule has 1 amide bonds. The minimum absolute atomic E-state index is 0.0760. The van der Waals surface area contributed by atoms with Crippen LogP contribution in [0.1, 0.15) is 57.3 Å². The van der Waals surface area contributed by atoms with Gasteiger partial charge in [0.15, 0.2) is 0 Å². The van der Waals surface area contributed by atoms with Crippen LogP contribution in [0.15, 0.2) is 24.3 Å². The fourth-order valence-corrected chi connectivity index (χ4v) is 4.34. The number of nitrogens with zero attached hydrogens (tertiary/aromatic N) is 3. The molecule has 1 aliphatic carbocycles. The molecule has 2 fully saturated rings. The van der Waals surface area contributed by atoms with Gasteiger partial charge in [0, 0.05) is 13.1 Å². The molecule has 25 heavy (non-hydrogen) atoms. The summed E-state index contributed by atoms with van der Waals surface area (Å²) in [5, 5.41) is 0. The van der Waals surface area contributed by atoms with Gasteiger partial charge in [-0.2, -0.15) is 0 Å². The third-order valence-corrected chi connectivity index (χ3v) is 5.62. The summed E-state index contributed by atoms with van der Waals surface area (Å²) in [6.45, 7) is 4.03. The van der Waals surface area contributed by atoms with Gasteiger partial charge in [-0.05, 0) is 44.7 Å². The van der Waals surface area contributed by atoms with Crippen LogP contribution in [0.5, 0.6) is 0 Å². The maximum atomic E-state index is 12.8. The van der Waals surface area contributed by atoms with Gasteiger partial charge in [0.1, 0.15) is 12.4 Å². The van der Waals surface area contributed by atoms with Crippen LogP contribution in [0, 0.1) is 0 Å². The third-order valence-electron chi connectivity index (χ3n) is 5.62. The zero-order chi connectivity index (χ0) is 17.2. The molecule has 1 atom stereocenters. The van der Waals surface area contributed by atoms with Gasteiger partial charge in [0.05, 0.1) is 23.2 Å². The lowest BCUT2D eigenvalue weighted by Gasteiger charge is -2.25. The van der Waals surface area contributed by atoms with Gasteiger partial charge < -0.3 is 14.2 Å². The number of para-hydroxylation sites is 2. The second-order valence-electron chi connectivity index (χ2n) is 7.17. The maximum Gasteiger partial charge on any atom is 0.249 e. The molecule has 0 unspecified atom stereocenters. The summed E-state index contributed by atoms with van der Waals surface area (Å²) in [7, 11) is 0. The Bertz CT molecular complexity index is 748. The summed E-state index contributed by atoms with van der Waals surface area (Å²) >= 11 is 0. The molecule has 2 aliphatic rings. The van der Waals surface area contributed by atoms with Crippen LogP contribution in [-0.4, -0.2) is 39.6 Å². The van der Waals surface area contributed by atoms with Crippen molar-refractivity contribution in [2.75, 3.05) is 13.2 Å². The minimum atomic E-state index is 0.0760. The van der Waals surface area contributed by atoms with Crippen molar-refractivity contribution in [2.24, 2.45) is 0 Å². The Kier molecular flexibility index (Phi) is 4.75. The average Bonchev–Trinajstić information content (AvgIpc) is 3.37. The fourth-order valence-electron chi connectivity index (χ4n) is 4.34. The Hall–Kier alpha value is -1.88. The molecular weight excluding hydrogens is 314 g/mol. The summed E-state index contributed by atoms with van der Waals surface area (Å²) in [5.41, 5.74) is 2.17. The number of aryl methyl sites for hydroxylation is 1. The van der Waals surface area contributed by atoms with E-state index in [2.05, 4.69) is 23.6 Å². The molecule has 0 N–H and O–H groups in total. The third kappa shape index (κ3) is 3.17. The summed E-state index contributed by atoms with van der Waals surface area (Å²) in [6, 6.07) is 8.31. The zero-order valence-corrected chi connectivity index (χ0v) is 15.0. The van der Waals surface area contributed by atoms with Crippen LogP contribution in [0.4, 0.5) is 0 Å². The zero-order valence-electron chi connectivity index (χ0n) is 15.0. The van der Waals surface area contributed by atoms with Crippen molar-refractivity contribution in [1.82, 2.24) is 14.5 Å². The van der Waals surface area contributed by atoms with Crippen LogP contribution in [0.2, 0.25) is 0 Å². The Morgan fingerprint density at radius 1 is 1.20 bits per heavy atom. The SMILES string of the molecule is CCn1c([C@@H]2CCCN2C(=O)COC2CCCC2)nc2ccccc21. The highest BCUT2D eigenvalue weighted by Crippen LogP contribution is 2.33. The normalized spacial score (nSPS) is 21.5. The molecule has 1 saturated heterocycles. The van der Waals surface area contributed by atoms with Crippen LogP contribution < -0.4 is 0 Å². The molecule has 2 aromatic rings. The fraction of sp³-hybridized carbons (Fsp3) is 0.600. The summed E-state index contributed by atoms with van der Waals surface area (Å²) < 4.78 is 8.11. The highest BCUT2D eigenvalue weighted by Gasteiger charge is 2.33. The number of hydrogen-bond acceptors (Lipinski definition) is 3. The van der Waals surface area contributed by atoms with Gasteiger partial charge in [-0.15, -0.1) is 0 Å². The van der Waals surface area contributed by atoms with E-state index in [1.54, 1.807) is 0 Å². The number of imidazole rings is 1. The number of benzene rings is 1. The predicted molar refractivity (Wildman–Crippen MR) is 97.3 cm³/mol. The van der Waals surface area contributed by atoms with Gasteiger partial charge in [-0.3, -0.25) is 4.79 Å². The number of hydrogen-bond donors (Lipinski definition) is 0. The first-order valence-electron chi connectivity index (χ1n) is 9.64. The quantitative estimate of drug-likeness (QED) is 0.833. The Labute approximate surface area is 149 Å². The summed E-state index contributed by atoms with van der Waals surface area (Å²) in [6.07, 6.45) is 6.96. The van der Waals surface area contributed by atoms with Gasteiger partial charge in [0.25, 0.3) is 0 Å². The standard InChI is InChI=1S/C20H27N3O2/c1-2-22-17-11-6-5-10-16(17)21-20(22)18-12-7-13-23(18)19(24)14-25-15-8-3-4-9-15/h5-6,10-11,15,18H,2-4,7-9,12-14H2,1H3/t18-/m0/s1. The number of fused-ring (bicyclic) bond motifs is 1. The van der Waals surface area contributed by atoms with E-state index in [1.807, 2.05) is 17.0 Å². The van der Waals surface area contributed by atoms with Crippen molar-refractivity contribution in [3.8, 4) is 0 Å². The number of rotatable bonds is 5. The molecule has 0 bridgehead atoms. The lowest BCUT2D eigenvalue weighted by Crippen LogP contribution is -2.35. The highest BCUT2D eigenvalue weighted by molar-refractivity contribution is 5.79. The molecule has 4 rings (SSSR count). The molecule has 0 spiro atoms. The van der Waals surface area contributed by atoms with Crippen molar-refractivity contribution in [2.45, 2.75) is 64.1 Å². The van der Waals surface area contributed by atoms with Crippen LogP contribution in [0.25, 0.3) is 11.0 Å². The molecule has 5 heteroatoms. The van der Waals surface area contributed by atoms with Gasteiger partial charge in [-0.1, -0.05) is 25.0 Å². The number of carbonyl (C=O) groups is 1. The lowest BCUT2D eigenvalue weighted by atomic mass is 10.2. The average molecular weight is 341 g/mol. The van der Waals surface area contributed by atoms with Crippen molar-refractivity contribution in [3.05, 3.63) is 30.1 Å². The predicted octanol–water partition coefficient (Wildman–Crippen LogP) is 3.68. The van der Waals surface area contributed by atoms with E-state index in [1.165, 1.54) is 12.8 Å². The number of aromatic nitrogens is 2. The monoisotopic (exact) mass is 341 g/mol. The van der Waals surface area contributed by atoms with E-state index in [0.29, 0.717) is 0 Å². The Balaban J connectivity index is 1.53. The topological polar surface area (TPSA) is 47.4 Å². The van der Waals surface area contributed by atoms with E-state index in [0.717, 1.165) is 55.6 Å². The Morgan fingerprint density at radius 2 is 2.00 bits per heavy atom. The van der Waals surface area contributed by atoms with E-state index in [4.69, 9.17) is 9.72 Å². The van der Waals surface area contributed by atoms with Crippen molar-refractivity contribution in [1.29, 1.82) is 0 Å². The van der Waals surface area contributed by atoms with Crippen molar-refractivity contribution >= 4 is 16.9 Å². The van der Waals surface area contributed by atoms with Crippen molar-refractivity contribution in [3.63, 3.8) is 0 Å². The number of ether oxygens (including phenoxy) is 1. The largest absolute Gasteiger partial charge is 0.368 e. The maximum absolute atomic E-state index is 12.8. The van der Waals surface area contributed by atoms with Crippen LogP contribution in [-0.2, 0) is 16.1 Å². The van der Waals surface area contributed by atoms with Gasteiger partial charge >= 0.3 is 0 Å². The van der Waals surface area contributed by atoms with Gasteiger partial charge in [0.2, 0.25) is 5.91 Å². The number of likely N-dealkylation sites (tertiary alicyclic amines) is 1. The van der Waals surface area contributed by atoms with E-state index < -0.39 is 0 Å². The first-order valence-corrected chi connectivity index (χ1v) is 9.64. The summed E-state index contributed by atoms with van der Waals surface area (Å²) in [5.74, 6) is 1.14. The number of amides is 1. The van der Waals surface area contributed by atoms with E-state index in [-0.39, 0.29) is 24.7 Å². The van der Waals surface area contributed by atoms with Gasteiger partial charge in [-0.25, -0.2) is 4.98 Å². The van der Waals surface area contributed by atoms with E-state index >= 15 is 0 Å². The van der Waals surface area contributed by atoms with Crippen LogP contribution >= 0.6 is 0 Å². The molecule has 1 aliphatic heterocycles. The first-order chi connectivity index (χ1) is 12.3. The molecular formula is C20H27N3O2. The smallest absolute Gasteiger partial charge is 0.249 e. The molecule has 0 radical (unpaired) electrons. The molecule has 5 nitrogen and oxygen atoms in total. The van der Waals surface area contributed by atoms with Crippen LogP contribution in [0.3, 0.4) is 0 Å². The molecule has 1 saturated carbocycles. The molecule has 2 heterocycles. The first kappa shape index (κ1) is 16.6. The second kappa shape index (κ2) is 7.16. The van der Waals surface area contributed by atoms with E-state index in [9.17, 15) is 4.79 Å². The molecule has 1 aromatic carbocycles. The lowest BCUT2D eigenvalue weighted by molar-refractivity contribution is -0.139. The summed E-state index contributed by atoms with van der Waals surface area (Å²) in [4.78, 5) is 19.6. The Morgan fingerprint density at radius 3 is 2.80 bits per heavy atom. The highest BCUT2D eigenvalue weighted by atomic mass is 16.5.